The number of hydrogen-bond acceptors (Lipinski definition) is 13. The fourth-order valence-electron chi connectivity index (χ4n) is 4.16. The molecule has 6 atom stereocenters. The Balaban J connectivity index is 3.62. The van der Waals surface area contributed by atoms with Crippen LogP contribution in [0.15, 0.2) is 15.3 Å². The summed E-state index contributed by atoms with van der Waals surface area (Å²) in [6, 6.07) is 0. The maximum Gasteiger partial charge on any atom is 0.306 e. The monoisotopic (exact) mass is 699 g/mol. The average molecular weight is 700 g/mol. The molecule has 0 spiro atoms. The number of carbonyl (C=O) groups excluding carboxylic acids is 3. The van der Waals surface area contributed by atoms with Gasteiger partial charge < -0.3 is 33.2 Å². The molecule has 0 saturated carbocycles. The molecule has 0 aromatic carbocycles. The van der Waals surface area contributed by atoms with E-state index in [1.165, 1.54) is 0 Å². The van der Waals surface area contributed by atoms with E-state index in [1.807, 2.05) is 33.9 Å². The van der Waals surface area contributed by atoms with Crippen LogP contribution in [0.2, 0.25) is 18.1 Å². The van der Waals surface area contributed by atoms with Crippen LogP contribution < -0.4 is 0 Å². The number of hydrogen-bond donors (Lipinski definition) is 1. The van der Waals surface area contributed by atoms with Gasteiger partial charge in [0.05, 0.1) is 12.7 Å². The van der Waals surface area contributed by atoms with Gasteiger partial charge >= 0.3 is 17.9 Å². The standard InChI is InChI=1S/C28H49N9O10Si/c1-19(13-17-38)43-27-26(47-23(41)12-9-16-34-37-31)25(46-22(40)11-8-15-33-36-30)24(45-21(39)10-7-14-32-35-29)20(44-27)18-42-48(5,6)28(2,3)4/h19-20,24-27,38H,7-18H2,1-6H3/t19-,20+,24+,25-,26+,27+/m0/s1. The second kappa shape index (κ2) is 22.1. The molecule has 0 aromatic heterocycles. The fourth-order valence-corrected chi connectivity index (χ4v) is 5.17. The highest BCUT2D eigenvalue weighted by Gasteiger charge is 2.54. The molecular formula is C28H49N9O10Si. The fraction of sp³-hybridized carbons (Fsp3) is 0.893. The number of aliphatic hydroxyl groups excluding tert-OH is 1. The molecular weight excluding hydrogens is 650 g/mol. The highest BCUT2D eigenvalue weighted by Crippen LogP contribution is 2.38. The summed E-state index contributed by atoms with van der Waals surface area (Å²) in [5.74, 6) is -2.22. The summed E-state index contributed by atoms with van der Waals surface area (Å²) in [6.07, 6.45) is -7.00. The Bertz CT molecular complexity index is 1180. The molecule has 20 heteroatoms. The van der Waals surface area contributed by atoms with Crippen molar-refractivity contribution in [3.63, 3.8) is 0 Å². The third kappa shape index (κ3) is 15.5. The molecule has 1 aliphatic heterocycles. The highest BCUT2D eigenvalue weighted by molar-refractivity contribution is 6.74. The molecule has 1 aliphatic rings. The number of ether oxygens (including phenoxy) is 5. The molecule has 0 bridgehead atoms. The van der Waals surface area contributed by atoms with Crippen LogP contribution in [0.1, 0.15) is 72.6 Å². The predicted molar refractivity (Wildman–Crippen MR) is 173 cm³/mol. The SMILES string of the molecule is C[C@@H](CCO)O[C@@H]1O[C@H](CO[Si](C)(C)C(C)(C)C)[C@@H](OC(=O)CCCN=[N+]=[N-])[C@H](OC(=O)CCCN=[N+]=[N-])[C@H]1OC(=O)CCCN=[N+]=[N-]. The third-order valence-corrected chi connectivity index (χ3v) is 12.3. The predicted octanol–water partition coefficient (Wildman–Crippen LogP) is 5.53. The van der Waals surface area contributed by atoms with Gasteiger partial charge in [-0.05, 0) is 67.3 Å². The van der Waals surface area contributed by atoms with Gasteiger partial charge in [-0.15, -0.1) is 0 Å². The summed E-state index contributed by atoms with van der Waals surface area (Å²) in [5, 5.41) is 19.6. The smallest absolute Gasteiger partial charge is 0.306 e. The van der Waals surface area contributed by atoms with Crippen LogP contribution in [-0.2, 0) is 42.5 Å². The van der Waals surface area contributed by atoms with Crippen molar-refractivity contribution in [3.05, 3.63) is 31.3 Å². The van der Waals surface area contributed by atoms with E-state index >= 15 is 0 Å². The first-order valence-electron chi connectivity index (χ1n) is 15.9. The first kappa shape index (κ1) is 42.4. The van der Waals surface area contributed by atoms with Crippen LogP contribution in [0.25, 0.3) is 31.3 Å². The quantitative estimate of drug-likeness (QED) is 0.0280. The Kier molecular flexibility index (Phi) is 19.5. The van der Waals surface area contributed by atoms with E-state index in [2.05, 4.69) is 30.1 Å². The number of nitrogens with zero attached hydrogens (tertiary/aromatic N) is 9. The summed E-state index contributed by atoms with van der Waals surface area (Å²) in [4.78, 5) is 47.3. The lowest BCUT2D eigenvalue weighted by molar-refractivity contribution is -0.316. The molecule has 0 unspecified atom stereocenters. The molecule has 1 rings (SSSR count). The molecule has 0 aromatic rings. The number of carbonyl (C=O) groups is 3. The van der Waals surface area contributed by atoms with Crippen LogP contribution in [0.3, 0.4) is 0 Å². The number of aliphatic hydroxyl groups is 1. The van der Waals surface area contributed by atoms with Crippen LogP contribution in [0.5, 0.6) is 0 Å². The summed E-state index contributed by atoms with van der Waals surface area (Å²) < 4.78 is 36.4. The van der Waals surface area contributed by atoms with Crippen molar-refractivity contribution >= 4 is 26.2 Å². The number of rotatable bonds is 22. The Morgan fingerprint density at radius 3 is 1.67 bits per heavy atom. The van der Waals surface area contributed by atoms with Crippen LogP contribution in [0.4, 0.5) is 0 Å². The van der Waals surface area contributed by atoms with Crippen LogP contribution in [-0.4, -0.2) is 101 Å². The van der Waals surface area contributed by atoms with Gasteiger partial charge in [-0.25, -0.2) is 0 Å². The summed E-state index contributed by atoms with van der Waals surface area (Å²) in [5.41, 5.74) is 25.7. The maximum atomic E-state index is 13.1. The maximum absolute atomic E-state index is 13.1. The van der Waals surface area contributed by atoms with Crippen molar-refractivity contribution in [2.45, 2.75) is 128 Å². The normalized spacial score (nSPS) is 21.4. The van der Waals surface area contributed by atoms with Crippen molar-refractivity contribution in [1.29, 1.82) is 0 Å². The third-order valence-electron chi connectivity index (χ3n) is 7.82. The van der Waals surface area contributed by atoms with Gasteiger partial charge in [0.15, 0.2) is 32.9 Å². The van der Waals surface area contributed by atoms with Gasteiger partial charge in [0.1, 0.15) is 6.10 Å². The number of esters is 3. The highest BCUT2D eigenvalue weighted by atomic mass is 28.4. The zero-order chi connectivity index (χ0) is 36.2. The minimum Gasteiger partial charge on any atom is -0.455 e. The molecule has 48 heavy (non-hydrogen) atoms. The zero-order valence-electron chi connectivity index (χ0n) is 28.6. The minimum atomic E-state index is -2.41. The molecule has 1 N–H and O–H groups in total. The summed E-state index contributed by atoms with van der Waals surface area (Å²) >= 11 is 0. The molecule has 270 valence electrons. The Morgan fingerprint density at radius 2 is 1.25 bits per heavy atom. The van der Waals surface area contributed by atoms with Gasteiger partial charge in [-0.2, -0.15) is 0 Å². The van der Waals surface area contributed by atoms with E-state index in [1.54, 1.807) is 6.92 Å². The first-order valence-corrected chi connectivity index (χ1v) is 18.8. The lowest BCUT2D eigenvalue weighted by Crippen LogP contribution is -2.64. The zero-order valence-corrected chi connectivity index (χ0v) is 29.6. The minimum absolute atomic E-state index is 0.0277. The second-order valence-electron chi connectivity index (χ2n) is 12.6. The van der Waals surface area contributed by atoms with Gasteiger partial charge in [-0.1, -0.05) is 36.1 Å². The molecule has 0 radical (unpaired) electrons. The Morgan fingerprint density at radius 1 is 0.812 bits per heavy atom. The van der Waals surface area contributed by atoms with E-state index in [9.17, 15) is 19.5 Å². The van der Waals surface area contributed by atoms with Gasteiger partial charge in [0.25, 0.3) is 0 Å². The molecule has 19 nitrogen and oxygen atoms in total. The first-order chi connectivity index (χ1) is 22.7. The van der Waals surface area contributed by atoms with Crippen molar-refractivity contribution in [3.8, 4) is 0 Å². The van der Waals surface area contributed by atoms with E-state index in [4.69, 9.17) is 44.7 Å². The van der Waals surface area contributed by atoms with Crippen molar-refractivity contribution in [2.24, 2.45) is 15.3 Å². The van der Waals surface area contributed by atoms with Crippen molar-refractivity contribution in [1.82, 2.24) is 0 Å². The van der Waals surface area contributed by atoms with E-state index in [-0.39, 0.29) is 82.8 Å². The lowest BCUT2D eigenvalue weighted by atomic mass is 9.97. The van der Waals surface area contributed by atoms with Crippen LogP contribution in [0, 0.1) is 0 Å². The molecule has 0 aliphatic carbocycles. The summed E-state index contributed by atoms with van der Waals surface area (Å²) in [6.45, 7) is 11.6. The topological polar surface area (TPSA) is 273 Å². The van der Waals surface area contributed by atoms with Gasteiger partial charge in [0.2, 0.25) is 0 Å². The average Bonchev–Trinajstić information content (AvgIpc) is 3.01. The molecule has 1 heterocycles. The molecule has 1 fully saturated rings. The van der Waals surface area contributed by atoms with E-state index in [0.717, 1.165) is 0 Å². The number of azide groups is 3. The van der Waals surface area contributed by atoms with Crippen molar-refractivity contribution in [2.75, 3.05) is 32.8 Å². The summed E-state index contributed by atoms with van der Waals surface area (Å²) in [7, 11) is -2.41. The molecule has 1 saturated heterocycles. The lowest BCUT2D eigenvalue weighted by Gasteiger charge is -2.46. The van der Waals surface area contributed by atoms with Crippen LogP contribution >= 0.6 is 0 Å². The largest absolute Gasteiger partial charge is 0.455 e. The van der Waals surface area contributed by atoms with Gasteiger partial charge in [0, 0.05) is 60.2 Å². The second-order valence-corrected chi connectivity index (χ2v) is 17.4. The Hall–Kier alpha value is -3.60. The molecule has 0 amide bonds. The van der Waals surface area contributed by atoms with Crippen molar-refractivity contribution < 1.29 is 47.6 Å². The van der Waals surface area contributed by atoms with Gasteiger partial charge in [-0.3, -0.25) is 14.4 Å². The Labute approximate surface area is 280 Å². The van der Waals surface area contributed by atoms with E-state index < -0.39 is 63.0 Å². The van der Waals surface area contributed by atoms with E-state index in [0.29, 0.717) is 0 Å².